The number of hydrogen-bond acceptors (Lipinski definition) is 3. The van der Waals surface area contributed by atoms with Gasteiger partial charge >= 0.3 is 0 Å². The van der Waals surface area contributed by atoms with Crippen LogP contribution in [-0.2, 0) is 11.2 Å². The third kappa shape index (κ3) is 4.88. The highest BCUT2D eigenvalue weighted by molar-refractivity contribution is 5.92. The number of piperidine rings is 1. The van der Waals surface area contributed by atoms with Crippen molar-refractivity contribution in [3.63, 3.8) is 0 Å². The van der Waals surface area contributed by atoms with Crippen molar-refractivity contribution in [3.8, 4) is 0 Å². The predicted octanol–water partition coefficient (Wildman–Crippen LogP) is 3.20. The fraction of sp³-hybridized carbons (Fsp3) is 0.364. The molecule has 1 aliphatic heterocycles. The molecule has 2 aromatic rings. The van der Waals surface area contributed by atoms with Gasteiger partial charge in [0.25, 0.3) is 0 Å². The number of primary amides is 1. The molecule has 0 bridgehead atoms. The van der Waals surface area contributed by atoms with Crippen LogP contribution in [0.25, 0.3) is 0 Å². The smallest absolute Gasteiger partial charge is 0.248 e. The summed E-state index contributed by atoms with van der Waals surface area (Å²) in [6.45, 7) is 4.17. The van der Waals surface area contributed by atoms with E-state index >= 15 is 0 Å². The standard InChI is InChI=1S/C22H27N3O2/c1-16(19-7-3-4-8-20(19)25-13-5-2-6-14-25)24-21(26)15-17-9-11-18(12-10-17)22(23)27/h3-4,7-12,16H,2,5-6,13-15H2,1H3,(H2,23,27)(H,24,26). The van der Waals surface area contributed by atoms with Gasteiger partial charge in [0.05, 0.1) is 12.5 Å². The zero-order chi connectivity index (χ0) is 19.2. The minimum Gasteiger partial charge on any atom is -0.371 e. The third-order valence-corrected chi connectivity index (χ3v) is 5.08. The average molecular weight is 365 g/mol. The first kappa shape index (κ1) is 19.0. The summed E-state index contributed by atoms with van der Waals surface area (Å²) in [7, 11) is 0. The van der Waals surface area contributed by atoms with Gasteiger partial charge in [-0.3, -0.25) is 9.59 Å². The quantitative estimate of drug-likeness (QED) is 0.825. The van der Waals surface area contributed by atoms with Crippen LogP contribution in [0.5, 0.6) is 0 Å². The van der Waals surface area contributed by atoms with E-state index in [1.807, 2.05) is 13.0 Å². The van der Waals surface area contributed by atoms with Crippen molar-refractivity contribution >= 4 is 17.5 Å². The minimum atomic E-state index is -0.464. The van der Waals surface area contributed by atoms with E-state index in [2.05, 4.69) is 28.4 Å². The van der Waals surface area contributed by atoms with Crippen LogP contribution in [0.4, 0.5) is 5.69 Å². The van der Waals surface area contributed by atoms with Crippen molar-refractivity contribution in [2.45, 2.75) is 38.6 Å². The molecule has 1 saturated heterocycles. The Balaban J connectivity index is 1.65. The van der Waals surface area contributed by atoms with E-state index in [4.69, 9.17) is 5.73 Å². The molecule has 0 aromatic heterocycles. The Morgan fingerprint density at radius 3 is 2.37 bits per heavy atom. The maximum absolute atomic E-state index is 12.5. The maximum atomic E-state index is 12.5. The molecule has 0 saturated carbocycles. The molecule has 5 nitrogen and oxygen atoms in total. The van der Waals surface area contributed by atoms with Crippen LogP contribution >= 0.6 is 0 Å². The highest BCUT2D eigenvalue weighted by Crippen LogP contribution is 2.28. The van der Waals surface area contributed by atoms with Crippen molar-refractivity contribution in [2.75, 3.05) is 18.0 Å². The molecule has 2 amide bonds. The van der Waals surface area contributed by atoms with E-state index in [1.165, 1.54) is 24.9 Å². The second-order valence-corrected chi connectivity index (χ2v) is 7.13. The number of amides is 2. The molecule has 0 spiro atoms. The number of nitrogens with zero attached hydrogens (tertiary/aromatic N) is 1. The first-order valence-corrected chi connectivity index (χ1v) is 9.56. The lowest BCUT2D eigenvalue weighted by Crippen LogP contribution is -2.33. The number of nitrogens with one attached hydrogen (secondary N) is 1. The zero-order valence-electron chi connectivity index (χ0n) is 15.8. The molecule has 1 unspecified atom stereocenters. The Kier molecular flexibility index (Phi) is 6.12. The molecule has 0 aliphatic carbocycles. The summed E-state index contributed by atoms with van der Waals surface area (Å²) >= 11 is 0. The van der Waals surface area contributed by atoms with Crippen LogP contribution in [0.2, 0.25) is 0 Å². The van der Waals surface area contributed by atoms with Crippen LogP contribution in [0, 0.1) is 0 Å². The summed E-state index contributed by atoms with van der Waals surface area (Å²) in [6.07, 6.45) is 4.00. The van der Waals surface area contributed by atoms with E-state index in [0.29, 0.717) is 5.56 Å². The minimum absolute atomic E-state index is 0.0391. The van der Waals surface area contributed by atoms with Gasteiger partial charge in [0.2, 0.25) is 11.8 Å². The van der Waals surface area contributed by atoms with Gasteiger partial charge in [-0.05, 0) is 55.5 Å². The molecular formula is C22H27N3O2. The van der Waals surface area contributed by atoms with Crippen molar-refractivity contribution in [3.05, 3.63) is 65.2 Å². The van der Waals surface area contributed by atoms with Crippen LogP contribution in [0.15, 0.2) is 48.5 Å². The first-order valence-electron chi connectivity index (χ1n) is 9.56. The average Bonchev–Trinajstić information content (AvgIpc) is 2.69. The van der Waals surface area contributed by atoms with E-state index in [1.54, 1.807) is 24.3 Å². The first-order chi connectivity index (χ1) is 13.0. The summed E-state index contributed by atoms with van der Waals surface area (Å²) < 4.78 is 0. The summed E-state index contributed by atoms with van der Waals surface area (Å²) in [5.41, 5.74) is 8.92. The van der Waals surface area contributed by atoms with Gasteiger partial charge in [-0.1, -0.05) is 30.3 Å². The van der Waals surface area contributed by atoms with E-state index < -0.39 is 5.91 Å². The van der Waals surface area contributed by atoms with Gasteiger partial charge in [-0.25, -0.2) is 0 Å². The molecule has 2 aromatic carbocycles. The van der Waals surface area contributed by atoms with Crippen LogP contribution in [-0.4, -0.2) is 24.9 Å². The topological polar surface area (TPSA) is 75.4 Å². The number of para-hydroxylation sites is 1. The molecule has 3 N–H and O–H groups in total. The molecule has 27 heavy (non-hydrogen) atoms. The van der Waals surface area contributed by atoms with E-state index in [9.17, 15) is 9.59 Å². The Bertz CT molecular complexity index is 795. The monoisotopic (exact) mass is 365 g/mol. The Morgan fingerprint density at radius 1 is 1.04 bits per heavy atom. The molecule has 1 atom stereocenters. The van der Waals surface area contributed by atoms with Gasteiger partial charge in [0, 0.05) is 24.3 Å². The summed E-state index contributed by atoms with van der Waals surface area (Å²) in [5, 5.41) is 3.10. The summed E-state index contributed by atoms with van der Waals surface area (Å²) in [5.74, 6) is -0.503. The molecule has 0 radical (unpaired) electrons. The molecule has 5 heteroatoms. The maximum Gasteiger partial charge on any atom is 0.248 e. The number of hydrogen-bond donors (Lipinski definition) is 2. The molecular weight excluding hydrogens is 338 g/mol. The number of carbonyl (C=O) groups excluding carboxylic acids is 2. The largest absolute Gasteiger partial charge is 0.371 e. The highest BCUT2D eigenvalue weighted by atomic mass is 16.2. The lowest BCUT2D eigenvalue weighted by Gasteiger charge is -2.32. The van der Waals surface area contributed by atoms with Crippen molar-refractivity contribution in [1.82, 2.24) is 5.32 Å². The van der Waals surface area contributed by atoms with E-state index in [-0.39, 0.29) is 18.4 Å². The third-order valence-electron chi connectivity index (χ3n) is 5.08. The molecule has 1 heterocycles. The van der Waals surface area contributed by atoms with Gasteiger partial charge in [-0.15, -0.1) is 0 Å². The second-order valence-electron chi connectivity index (χ2n) is 7.13. The van der Waals surface area contributed by atoms with Gasteiger partial charge in [-0.2, -0.15) is 0 Å². The van der Waals surface area contributed by atoms with Crippen LogP contribution < -0.4 is 16.0 Å². The number of carbonyl (C=O) groups is 2. The molecule has 1 aliphatic rings. The van der Waals surface area contributed by atoms with Gasteiger partial charge < -0.3 is 16.0 Å². The van der Waals surface area contributed by atoms with Crippen LogP contribution in [0.1, 0.15) is 53.7 Å². The van der Waals surface area contributed by atoms with Crippen molar-refractivity contribution in [1.29, 1.82) is 0 Å². The number of nitrogens with two attached hydrogens (primary N) is 1. The lowest BCUT2D eigenvalue weighted by atomic mass is 10.0. The highest BCUT2D eigenvalue weighted by Gasteiger charge is 2.18. The normalized spacial score (nSPS) is 15.2. The zero-order valence-corrected chi connectivity index (χ0v) is 15.8. The lowest BCUT2D eigenvalue weighted by molar-refractivity contribution is -0.121. The second kappa shape index (κ2) is 8.71. The fourth-order valence-corrected chi connectivity index (χ4v) is 3.62. The van der Waals surface area contributed by atoms with Crippen molar-refractivity contribution < 1.29 is 9.59 Å². The number of anilines is 1. The van der Waals surface area contributed by atoms with Gasteiger partial charge in [0.1, 0.15) is 0 Å². The van der Waals surface area contributed by atoms with E-state index in [0.717, 1.165) is 24.2 Å². The fourth-order valence-electron chi connectivity index (χ4n) is 3.62. The number of benzene rings is 2. The Morgan fingerprint density at radius 2 is 1.70 bits per heavy atom. The van der Waals surface area contributed by atoms with Gasteiger partial charge in [0.15, 0.2) is 0 Å². The summed E-state index contributed by atoms with van der Waals surface area (Å²) in [4.78, 5) is 26.0. The predicted molar refractivity (Wildman–Crippen MR) is 108 cm³/mol. The summed E-state index contributed by atoms with van der Waals surface area (Å²) in [6, 6.07) is 15.1. The Labute approximate surface area is 160 Å². The molecule has 1 fully saturated rings. The SMILES string of the molecule is CC(NC(=O)Cc1ccc(C(N)=O)cc1)c1ccccc1N1CCCCC1. The molecule has 3 rings (SSSR count). The van der Waals surface area contributed by atoms with Crippen LogP contribution in [0.3, 0.4) is 0 Å². The number of rotatable bonds is 6. The Hall–Kier alpha value is -2.82. The molecule has 142 valence electrons. The van der Waals surface area contributed by atoms with Crippen molar-refractivity contribution in [2.24, 2.45) is 5.73 Å².